The summed E-state index contributed by atoms with van der Waals surface area (Å²) in [7, 11) is 0. The molecule has 0 spiro atoms. The molecular weight excluding hydrogens is 438 g/mol. The molecule has 0 saturated carbocycles. The molecule has 9 heteroatoms. The van der Waals surface area contributed by atoms with Crippen molar-refractivity contribution in [3.63, 3.8) is 0 Å². The van der Waals surface area contributed by atoms with Gasteiger partial charge in [-0.05, 0) is 66.8 Å². The van der Waals surface area contributed by atoms with Crippen LogP contribution in [0.3, 0.4) is 0 Å². The highest BCUT2D eigenvalue weighted by Crippen LogP contribution is 2.25. The van der Waals surface area contributed by atoms with E-state index < -0.39 is 17.8 Å². The van der Waals surface area contributed by atoms with Gasteiger partial charge in [0.05, 0.1) is 11.3 Å². The molecule has 2 aromatic carbocycles. The Morgan fingerprint density at radius 2 is 1.77 bits per heavy atom. The Balaban J connectivity index is 1.75. The summed E-state index contributed by atoms with van der Waals surface area (Å²) in [5, 5.41) is 12.1. The van der Waals surface area contributed by atoms with Gasteiger partial charge in [-0.2, -0.15) is 0 Å². The summed E-state index contributed by atoms with van der Waals surface area (Å²) in [6.45, 7) is 0. The molecular formula is C22H14ClN3O4S. The van der Waals surface area contributed by atoms with Crippen molar-refractivity contribution in [2.45, 2.75) is 0 Å². The zero-order valence-corrected chi connectivity index (χ0v) is 17.4. The monoisotopic (exact) mass is 451 g/mol. The van der Waals surface area contributed by atoms with Crippen LogP contribution in [0.25, 0.3) is 11.8 Å². The number of hydrogen-bond acceptors (Lipinski definition) is 4. The van der Waals surface area contributed by atoms with E-state index >= 15 is 0 Å². The van der Waals surface area contributed by atoms with Crippen LogP contribution in [-0.4, -0.2) is 32.6 Å². The van der Waals surface area contributed by atoms with Crippen LogP contribution < -0.4 is 10.2 Å². The van der Waals surface area contributed by atoms with E-state index in [2.05, 4.69) is 5.32 Å². The summed E-state index contributed by atoms with van der Waals surface area (Å²) in [6, 6.07) is 16.3. The maximum Gasteiger partial charge on any atom is 0.335 e. The SMILES string of the molecule is O=C1NC(=S)N(c2cccc(Cl)c2)C(=O)/C1=C/c1cccn1-c1cccc(C(=O)O)c1. The Kier molecular flexibility index (Phi) is 5.41. The number of carbonyl (C=O) groups is 3. The minimum Gasteiger partial charge on any atom is -0.478 e. The predicted molar refractivity (Wildman–Crippen MR) is 120 cm³/mol. The summed E-state index contributed by atoms with van der Waals surface area (Å²) < 4.78 is 1.68. The summed E-state index contributed by atoms with van der Waals surface area (Å²) >= 11 is 11.2. The van der Waals surface area contributed by atoms with Crippen molar-refractivity contribution >= 4 is 58.5 Å². The van der Waals surface area contributed by atoms with Gasteiger partial charge in [-0.1, -0.05) is 23.7 Å². The quantitative estimate of drug-likeness (QED) is 0.359. The minimum absolute atomic E-state index is 0.0426. The summed E-state index contributed by atoms with van der Waals surface area (Å²) in [5.41, 5.74) is 1.51. The second-order valence-electron chi connectivity index (χ2n) is 6.60. The van der Waals surface area contributed by atoms with Crippen LogP contribution >= 0.6 is 23.8 Å². The smallest absolute Gasteiger partial charge is 0.335 e. The topological polar surface area (TPSA) is 91.6 Å². The van der Waals surface area contributed by atoms with Crippen LogP contribution in [-0.2, 0) is 9.59 Å². The van der Waals surface area contributed by atoms with Crippen LogP contribution in [0.1, 0.15) is 16.1 Å². The molecule has 0 unspecified atom stereocenters. The molecule has 2 N–H and O–H groups in total. The van der Waals surface area contributed by atoms with Gasteiger partial charge in [-0.3, -0.25) is 19.8 Å². The number of benzene rings is 2. The number of nitrogens with zero attached hydrogens (tertiary/aromatic N) is 2. The molecule has 1 aliphatic heterocycles. The zero-order chi connectivity index (χ0) is 22.1. The average Bonchev–Trinajstić information content (AvgIpc) is 3.19. The van der Waals surface area contributed by atoms with Crippen LogP contribution in [0.4, 0.5) is 5.69 Å². The Hall–Kier alpha value is -3.75. The molecule has 154 valence electrons. The molecule has 1 aromatic heterocycles. The third kappa shape index (κ3) is 3.98. The lowest BCUT2D eigenvalue weighted by molar-refractivity contribution is -0.122. The normalized spacial score (nSPS) is 15.3. The lowest BCUT2D eigenvalue weighted by Gasteiger charge is -2.29. The van der Waals surface area contributed by atoms with E-state index in [1.165, 1.54) is 23.1 Å². The van der Waals surface area contributed by atoms with Crippen molar-refractivity contribution in [3.8, 4) is 5.69 Å². The second kappa shape index (κ2) is 8.17. The van der Waals surface area contributed by atoms with E-state index in [0.29, 0.717) is 22.1 Å². The van der Waals surface area contributed by atoms with Crippen molar-refractivity contribution < 1.29 is 19.5 Å². The number of hydrogen-bond donors (Lipinski definition) is 2. The first-order chi connectivity index (χ1) is 14.8. The molecule has 1 fully saturated rings. The molecule has 0 bridgehead atoms. The van der Waals surface area contributed by atoms with Gasteiger partial charge in [-0.15, -0.1) is 0 Å². The van der Waals surface area contributed by atoms with Gasteiger partial charge in [0, 0.05) is 22.6 Å². The fourth-order valence-corrected chi connectivity index (χ4v) is 3.66. The van der Waals surface area contributed by atoms with E-state index in [1.54, 1.807) is 59.3 Å². The third-order valence-corrected chi connectivity index (χ3v) is 5.13. The van der Waals surface area contributed by atoms with Gasteiger partial charge in [0.2, 0.25) is 0 Å². The van der Waals surface area contributed by atoms with E-state index in [-0.39, 0.29) is 16.2 Å². The summed E-state index contributed by atoms with van der Waals surface area (Å²) in [6.07, 6.45) is 3.14. The van der Waals surface area contributed by atoms with E-state index in [4.69, 9.17) is 23.8 Å². The maximum absolute atomic E-state index is 13.2. The van der Waals surface area contributed by atoms with Gasteiger partial charge >= 0.3 is 5.97 Å². The van der Waals surface area contributed by atoms with Crippen LogP contribution in [0.2, 0.25) is 5.02 Å². The van der Waals surface area contributed by atoms with Crippen molar-refractivity contribution in [1.29, 1.82) is 0 Å². The number of carboxylic acids is 1. The van der Waals surface area contributed by atoms with Gasteiger partial charge in [-0.25, -0.2) is 4.79 Å². The number of nitrogens with one attached hydrogen (secondary N) is 1. The van der Waals surface area contributed by atoms with Gasteiger partial charge in [0.25, 0.3) is 11.8 Å². The molecule has 0 radical (unpaired) electrons. The number of thiocarbonyl (C=S) groups is 1. The highest BCUT2D eigenvalue weighted by Gasteiger charge is 2.34. The molecule has 2 amide bonds. The largest absolute Gasteiger partial charge is 0.478 e. The van der Waals surface area contributed by atoms with E-state index in [1.807, 2.05) is 0 Å². The van der Waals surface area contributed by atoms with E-state index in [0.717, 1.165) is 0 Å². The first-order valence-corrected chi connectivity index (χ1v) is 9.82. The van der Waals surface area contributed by atoms with Crippen LogP contribution in [0.5, 0.6) is 0 Å². The van der Waals surface area contributed by atoms with Crippen LogP contribution in [0, 0.1) is 0 Å². The Morgan fingerprint density at radius 1 is 1.03 bits per heavy atom. The number of anilines is 1. The fraction of sp³-hybridized carbons (Fsp3) is 0. The molecule has 0 aliphatic carbocycles. The van der Waals surface area contributed by atoms with Crippen LogP contribution in [0.15, 0.2) is 72.4 Å². The number of carboxylic acid groups (broad SMARTS) is 1. The average molecular weight is 452 g/mol. The molecule has 4 rings (SSSR count). The molecule has 3 aromatic rings. The Morgan fingerprint density at radius 3 is 2.52 bits per heavy atom. The van der Waals surface area contributed by atoms with Crippen molar-refractivity contribution in [2.24, 2.45) is 0 Å². The summed E-state index contributed by atoms with van der Waals surface area (Å²) in [4.78, 5) is 38.2. The van der Waals surface area contributed by atoms with Crippen molar-refractivity contribution in [2.75, 3.05) is 4.90 Å². The van der Waals surface area contributed by atoms with Gasteiger partial charge < -0.3 is 9.67 Å². The summed E-state index contributed by atoms with van der Waals surface area (Å²) in [5.74, 6) is -2.27. The Bertz CT molecular complexity index is 1280. The molecule has 31 heavy (non-hydrogen) atoms. The molecule has 2 heterocycles. The number of aromatic nitrogens is 1. The lowest BCUT2D eigenvalue weighted by Crippen LogP contribution is -2.54. The van der Waals surface area contributed by atoms with E-state index in [9.17, 15) is 19.5 Å². The first kappa shape index (κ1) is 20.5. The zero-order valence-electron chi connectivity index (χ0n) is 15.8. The van der Waals surface area contributed by atoms with Gasteiger partial charge in [0.15, 0.2) is 5.11 Å². The highest BCUT2D eigenvalue weighted by atomic mass is 35.5. The maximum atomic E-state index is 13.2. The number of amides is 2. The molecule has 1 saturated heterocycles. The Labute approximate surface area is 187 Å². The number of halogens is 1. The first-order valence-electron chi connectivity index (χ1n) is 9.03. The predicted octanol–water partition coefficient (Wildman–Crippen LogP) is 3.66. The molecule has 0 atom stereocenters. The van der Waals surface area contributed by atoms with Gasteiger partial charge in [0.1, 0.15) is 5.57 Å². The lowest BCUT2D eigenvalue weighted by atomic mass is 10.1. The second-order valence-corrected chi connectivity index (χ2v) is 7.42. The molecule has 7 nitrogen and oxygen atoms in total. The standard InChI is InChI=1S/C22H14ClN3O4S/c23-14-5-2-7-17(11-14)26-20(28)18(19(27)24-22(26)31)12-16-8-3-9-25(16)15-6-1-4-13(10-15)21(29)30/h1-12H,(H,29,30)(H,24,27,31)/b18-12+. The minimum atomic E-state index is -1.05. The third-order valence-electron chi connectivity index (χ3n) is 4.61. The van der Waals surface area contributed by atoms with Crippen molar-refractivity contribution in [1.82, 2.24) is 9.88 Å². The number of aromatic carboxylic acids is 1. The highest BCUT2D eigenvalue weighted by molar-refractivity contribution is 7.80. The molecule has 1 aliphatic rings. The fourth-order valence-electron chi connectivity index (χ4n) is 3.19. The number of carbonyl (C=O) groups excluding carboxylic acids is 2. The number of rotatable bonds is 4. The van der Waals surface area contributed by atoms with Crippen molar-refractivity contribution in [3.05, 3.63) is 88.7 Å².